The molecule has 2 aromatic heterocycles. The van der Waals surface area contributed by atoms with Gasteiger partial charge in [-0.3, -0.25) is 4.79 Å². The zero-order valence-corrected chi connectivity index (χ0v) is 16.8. The van der Waals surface area contributed by atoms with Gasteiger partial charge in [-0.15, -0.1) is 0 Å². The standard InChI is InChI=1S/C22H27N5O2/c1-26(9-10-27-8-7-23-16-27)15-17-3-2-4-19(13-17)22-24-20(14-21(28)25-22)18-5-11-29-12-6-18/h2-4,7-8,13-14,16,18H,5-6,9-12,15H2,1H3,(H,24,25,28). The highest BCUT2D eigenvalue weighted by atomic mass is 16.5. The first-order chi connectivity index (χ1) is 14.2. The number of hydrogen-bond donors (Lipinski definition) is 1. The van der Waals surface area contributed by atoms with Crippen molar-refractivity contribution in [1.82, 2.24) is 24.4 Å². The average Bonchev–Trinajstić information content (AvgIpc) is 3.26. The first-order valence-electron chi connectivity index (χ1n) is 10.1. The number of nitrogens with one attached hydrogen (secondary N) is 1. The van der Waals surface area contributed by atoms with Crippen molar-refractivity contribution in [2.45, 2.75) is 31.8 Å². The Kier molecular flexibility index (Phi) is 6.17. The molecule has 0 bridgehead atoms. The summed E-state index contributed by atoms with van der Waals surface area (Å²) in [7, 11) is 2.11. The number of aromatic amines is 1. The second kappa shape index (κ2) is 9.15. The molecule has 1 fully saturated rings. The van der Waals surface area contributed by atoms with Crippen molar-refractivity contribution in [1.29, 1.82) is 0 Å². The molecule has 0 atom stereocenters. The summed E-state index contributed by atoms with van der Waals surface area (Å²) in [6, 6.07) is 9.88. The second-order valence-corrected chi connectivity index (χ2v) is 7.64. The molecular weight excluding hydrogens is 366 g/mol. The van der Waals surface area contributed by atoms with E-state index in [1.165, 1.54) is 5.56 Å². The van der Waals surface area contributed by atoms with Crippen molar-refractivity contribution in [3.05, 3.63) is 70.7 Å². The highest BCUT2D eigenvalue weighted by Crippen LogP contribution is 2.26. The molecular formula is C22H27N5O2. The van der Waals surface area contributed by atoms with Crippen LogP contribution in [0.1, 0.15) is 30.0 Å². The molecule has 1 aliphatic heterocycles. The van der Waals surface area contributed by atoms with E-state index in [4.69, 9.17) is 9.72 Å². The van der Waals surface area contributed by atoms with Crippen molar-refractivity contribution in [3.63, 3.8) is 0 Å². The molecule has 1 aliphatic rings. The van der Waals surface area contributed by atoms with Crippen molar-refractivity contribution >= 4 is 0 Å². The number of imidazole rings is 1. The number of nitrogens with zero attached hydrogens (tertiary/aromatic N) is 4. The van der Waals surface area contributed by atoms with Crippen LogP contribution in [0, 0.1) is 0 Å². The van der Waals surface area contributed by atoms with Crippen LogP contribution in [0.15, 0.2) is 53.8 Å². The van der Waals surface area contributed by atoms with Gasteiger partial charge < -0.3 is 19.2 Å². The molecule has 0 radical (unpaired) electrons. The van der Waals surface area contributed by atoms with Crippen LogP contribution in [0.25, 0.3) is 11.4 Å². The SMILES string of the molecule is CN(CCn1ccnc1)Cc1cccc(-c2nc(C3CCOCC3)cc(=O)[nH]2)c1. The van der Waals surface area contributed by atoms with E-state index in [-0.39, 0.29) is 5.56 Å². The zero-order chi connectivity index (χ0) is 20.1. The molecule has 0 spiro atoms. The lowest BCUT2D eigenvalue weighted by Crippen LogP contribution is -2.22. The maximum atomic E-state index is 12.2. The Morgan fingerprint density at radius 3 is 2.93 bits per heavy atom. The maximum Gasteiger partial charge on any atom is 0.251 e. The van der Waals surface area contributed by atoms with Crippen molar-refractivity contribution in [3.8, 4) is 11.4 Å². The summed E-state index contributed by atoms with van der Waals surface area (Å²) in [5.41, 5.74) is 2.90. The predicted octanol–water partition coefficient (Wildman–Crippen LogP) is 2.66. The molecule has 152 valence electrons. The van der Waals surface area contributed by atoms with Crippen molar-refractivity contribution in [2.75, 3.05) is 26.8 Å². The molecule has 0 unspecified atom stereocenters. The molecule has 0 amide bonds. The summed E-state index contributed by atoms with van der Waals surface area (Å²) in [6.45, 7) is 4.12. The van der Waals surface area contributed by atoms with E-state index in [9.17, 15) is 4.79 Å². The van der Waals surface area contributed by atoms with E-state index in [2.05, 4.69) is 38.6 Å². The molecule has 1 saturated heterocycles. The van der Waals surface area contributed by atoms with Gasteiger partial charge in [0.15, 0.2) is 0 Å². The van der Waals surface area contributed by atoms with Crippen LogP contribution in [0.3, 0.4) is 0 Å². The lowest BCUT2D eigenvalue weighted by molar-refractivity contribution is 0.0845. The number of benzene rings is 1. The van der Waals surface area contributed by atoms with Crippen molar-refractivity contribution < 1.29 is 4.74 Å². The van der Waals surface area contributed by atoms with Gasteiger partial charge in [0.1, 0.15) is 5.82 Å². The quantitative estimate of drug-likeness (QED) is 0.668. The zero-order valence-electron chi connectivity index (χ0n) is 16.8. The van der Waals surface area contributed by atoms with Gasteiger partial charge in [0.2, 0.25) is 0 Å². The summed E-state index contributed by atoms with van der Waals surface area (Å²) in [6.07, 6.45) is 7.44. The molecule has 29 heavy (non-hydrogen) atoms. The molecule has 1 N–H and O–H groups in total. The summed E-state index contributed by atoms with van der Waals surface area (Å²) in [5, 5.41) is 0. The van der Waals surface area contributed by atoms with Gasteiger partial charge in [-0.25, -0.2) is 9.97 Å². The van der Waals surface area contributed by atoms with E-state index in [0.717, 1.165) is 56.9 Å². The van der Waals surface area contributed by atoms with Gasteiger partial charge >= 0.3 is 0 Å². The largest absolute Gasteiger partial charge is 0.381 e. The monoisotopic (exact) mass is 393 g/mol. The first kappa shape index (κ1) is 19.5. The fraction of sp³-hybridized carbons (Fsp3) is 0.409. The molecule has 0 saturated carbocycles. The van der Waals surface area contributed by atoms with Gasteiger partial charge in [-0.05, 0) is 31.5 Å². The Morgan fingerprint density at radius 1 is 1.28 bits per heavy atom. The molecule has 7 heteroatoms. The highest BCUT2D eigenvalue weighted by molar-refractivity contribution is 5.56. The summed E-state index contributed by atoms with van der Waals surface area (Å²) in [4.78, 5) is 26.3. The minimum absolute atomic E-state index is 0.0978. The fourth-order valence-electron chi connectivity index (χ4n) is 3.73. The molecule has 4 rings (SSSR count). The lowest BCUT2D eigenvalue weighted by atomic mass is 9.96. The van der Waals surface area contributed by atoms with E-state index < -0.39 is 0 Å². The third-order valence-corrected chi connectivity index (χ3v) is 5.35. The number of likely N-dealkylation sites (N-methyl/N-ethyl adjacent to an activating group) is 1. The van der Waals surface area contributed by atoms with E-state index in [0.29, 0.717) is 11.7 Å². The van der Waals surface area contributed by atoms with E-state index in [1.807, 2.05) is 24.7 Å². The molecule has 0 aliphatic carbocycles. The normalized spacial score (nSPS) is 15.1. The average molecular weight is 393 g/mol. The minimum Gasteiger partial charge on any atom is -0.381 e. The summed E-state index contributed by atoms with van der Waals surface area (Å²) < 4.78 is 7.51. The van der Waals surface area contributed by atoms with E-state index >= 15 is 0 Å². The van der Waals surface area contributed by atoms with Crippen LogP contribution < -0.4 is 5.56 Å². The lowest BCUT2D eigenvalue weighted by Gasteiger charge is -2.21. The molecule has 1 aromatic carbocycles. The van der Waals surface area contributed by atoms with Gasteiger partial charge in [0.05, 0.1) is 12.0 Å². The Bertz CT molecular complexity index is 977. The predicted molar refractivity (Wildman–Crippen MR) is 112 cm³/mol. The number of hydrogen-bond acceptors (Lipinski definition) is 5. The number of ether oxygens (including phenoxy) is 1. The Labute approximate surface area is 170 Å². The summed E-state index contributed by atoms with van der Waals surface area (Å²) in [5.74, 6) is 0.934. The molecule has 7 nitrogen and oxygen atoms in total. The van der Waals surface area contributed by atoms with Crippen LogP contribution in [0.4, 0.5) is 0 Å². The minimum atomic E-state index is -0.0978. The van der Waals surface area contributed by atoms with Crippen LogP contribution in [-0.4, -0.2) is 51.2 Å². The Hall–Kier alpha value is -2.77. The van der Waals surface area contributed by atoms with Crippen LogP contribution in [0.5, 0.6) is 0 Å². The van der Waals surface area contributed by atoms with Gasteiger partial charge in [-0.1, -0.05) is 18.2 Å². The number of aromatic nitrogens is 4. The van der Waals surface area contributed by atoms with Gasteiger partial charge in [0.25, 0.3) is 5.56 Å². The third-order valence-electron chi connectivity index (χ3n) is 5.35. The smallest absolute Gasteiger partial charge is 0.251 e. The number of rotatable bonds is 7. The number of H-pyrrole nitrogens is 1. The van der Waals surface area contributed by atoms with Crippen LogP contribution in [0.2, 0.25) is 0 Å². The van der Waals surface area contributed by atoms with Crippen LogP contribution in [-0.2, 0) is 17.8 Å². The molecule has 3 heterocycles. The fourth-order valence-corrected chi connectivity index (χ4v) is 3.73. The topological polar surface area (TPSA) is 76.0 Å². The van der Waals surface area contributed by atoms with Crippen molar-refractivity contribution in [2.24, 2.45) is 0 Å². The van der Waals surface area contributed by atoms with Gasteiger partial charge in [0, 0.05) is 62.8 Å². The van der Waals surface area contributed by atoms with Gasteiger partial charge in [-0.2, -0.15) is 0 Å². The maximum absolute atomic E-state index is 12.2. The highest BCUT2D eigenvalue weighted by Gasteiger charge is 2.18. The Balaban J connectivity index is 1.47. The summed E-state index contributed by atoms with van der Waals surface area (Å²) >= 11 is 0. The van der Waals surface area contributed by atoms with Crippen LogP contribution >= 0.6 is 0 Å². The molecule has 3 aromatic rings. The Morgan fingerprint density at radius 2 is 2.14 bits per heavy atom. The van der Waals surface area contributed by atoms with E-state index in [1.54, 1.807) is 12.3 Å². The first-order valence-corrected chi connectivity index (χ1v) is 10.1. The second-order valence-electron chi connectivity index (χ2n) is 7.64. The third kappa shape index (κ3) is 5.19.